The summed E-state index contributed by atoms with van der Waals surface area (Å²) in [5, 5.41) is 11.8. The van der Waals surface area contributed by atoms with E-state index in [2.05, 4.69) is 5.32 Å². The summed E-state index contributed by atoms with van der Waals surface area (Å²) < 4.78 is 5.47. The lowest BCUT2D eigenvalue weighted by Crippen LogP contribution is -2.40. The average Bonchev–Trinajstić information content (AvgIpc) is 2.30. The van der Waals surface area contributed by atoms with Crippen LogP contribution in [-0.4, -0.2) is 18.1 Å². The first kappa shape index (κ1) is 11.7. The molecular formula is C11H10ClN3O2. The molecule has 1 aliphatic heterocycles. The molecule has 0 aliphatic carbocycles. The van der Waals surface area contributed by atoms with Gasteiger partial charge in [0.1, 0.15) is 5.75 Å². The molecule has 0 radical (unpaired) electrons. The second-order valence-electron chi connectivity index (χ2n) is 3.71. The van der Waals surface area contributed by atoms with Crippen LogP contribution in [0.1, 0.15) is 6.42 Å². The number of nitrogens with two attached hydrogens (primary N) is 1. The van der Waals surface area contributed by atoms with Crippen molar-refractivity contribution in [3.8, 4) is 11.8 Å². The summed E-state index contributed by atoms with van der Waals surface area (Å²) in [6.45, 7) is 0. The molecule has 0 aromatic heterocycles. The van der Waals surface area contributed by atoms with Crippen LogP contribution in [0.4, 0.5) is 5.69 Å². The molecule has 5 nitrogen and oxygen atoms in total. The van der Waals surface area contributed by atoms with Crippen molar-refractivity contribution >= 4 is 23.2 Å². The number of hydrogen-bond donors (Lipinski definition) is 2. The molecule has 0 saturated carbocycles. The lowest BCUT2D eigenvalue weighted by molar-refractivity contribution is -0.123. The zero-order valence-electron chi connectivity index (χ0n) is 8.81. The monoisotopic (exact) mass is 251 g/mol. The van der Waals surface area contributed by atoms with Crippen molar-refractivity contribution < 1.29 is 9.53 Å². The molecule has 0 fully saturated rings. The molecule has 1 aromatic rings. The van der Waals surface area contributed by atoms with Gasteiger partial charge in [-0.3, -0.25) is 4.79 Å². The Bertz CT molecular complexity index is 498. The molecule has 6 heteroatoms. The molecule has 0 spiro atoms. The van der Waals surface area contributed by atoms with E-state index in [1.165, 1.54) is 0 Å². The maximum Gasteiger partial charge on any atom is 0.265 e. The second-order valence-corrected chi connectivity index (χ2v) is 4.14. The third kappa shape index (κ3) is 2.49. The van der Waals surface area contributed by atoms with Gasteiger partial charge in [0.2, 0.25) is 0 Å². The Labute approximate surface area is 103 Å². The molecule has 2 unspecified atom stereocenters. The van der Waals surface area contributed by atoms with E-state index in [0.29, 0.717) is 16.5 Å². The smallest absolute Gasteiger partial charge is 0.265 e. The molecule has 0 bridgehead atoms. The fourth-order valence-corrected chi connectivity index (χ4v) is 1.72. The van der Waals surface area contributed by atoms with Gasteiger partial charge in [0, 0.05) is 17.5 Å². The first-order valence-corrected chi connectivity index (χ1v) is 5.40. The first-order chi connectivity index (χ1) is 8.10. The van der Waals surface area contributed by atoms with E-state index < -0.39 is 12.1 Å². The summed E-state index contributed by atoms with van der Waals surface area (Å²) >= 11 is 5.82. The number of ether oxygens (including phenoxy) is 1. The minimum Gasteiger partial charge on any atom is -0.478 e. The van der Waals surface area contributed by atoms with Crippen molar-refractivity contribution in [3.63, 3.8) is 0 Å². The molecular weight excluding hydrogens is 242 g/mol. The van der Waals surface area contributed by atoms with E-state index >= 15 is 0 Å². The molecule has 1 aliphatic rings. The van der Waals surface area contributed by atoms with E-state index in [-0.39, 0.29) is 12.3 Å². The van der Waals surface area contributed by atoms with Crippen LogP contribution in [0.3, 0.4) is 0 Å². The Balaban J connectivity index is 2.20. The number of carbonyl (C=O) groups excluding carboxylic acids is 1. The van der Waals surface area contributed by atoms with Gasteiger partial charge >= 0.3 is 0 Å². The zero-order valence-corrected chi connectivity index (χ0v) is 9.57. The predicted molar refractivity (Wildman–Crippen MR) is 62.7 cm³/mol. The fraction of sp³-hybridized carbons (Fsp3) is 0.273. The Morgan fingerprint density at radius 3 is 3.12 bits per heavy atom. The molecule has 88 valence electrons. The minimum atomic E-state index is -0.754. The van der Waals surface area contributed by atoms with Crippen LogP contribution in [0.2, 0.25) is 5.02 Å². The largest absolute Gasteiger partial charge is 0.478 e. The number of nitrogens with zero attached hydrogens (tertiary/aromatic N) is 1. The number of anilines is 1. The molecule has 3 N–H and O–H groups in total. The van der Waals surface area contributed by atoms with Crippen LogP contribution < -0.4 is 15.8 Å². The molecule has 1 heterocycles. The lowest BCUT2D eigenvalue weighted by Gasteiger charge is -2.26. The van der Waals surface area contributed by atoms with Gasteiger partial charge in [0.25, 0.3) is 5.91 Å². The van der Waals surface area contributed by atoms with Crippen molar-refractivity contribution in [2.24, 2.45) is 5.73 Å². The molecule has 1 amide bonds. The molecule has 2 rings (SSSR count). The summed E-state index contributed by atoms with van der Waals surface area (Å²) in [6.07, 6.45) is -0.607. The third-order valence-corrected chi connectivity index (χ3v) is 2.63. The zero-order chi connectivity index (χ0) is 12.4. The number of nitrogens with one attached hydrogen (secondary N) is 1. The van der Waals surface area contributed by atoms with Gasteiger partial charge in [0.05, 0.1) is 17.8 Å². The minimum absolute atomic E-state index is 0.147. The van der Waals surface area contributed by atoms with E-state index in [0.717, 1.165) is 0 Å². The SMILES string of the molecule is N#CC(N)CC1Oc2cc(Cl)ccc2NC1=O. The quantitative estimate of drug-likeness (QED) is 0.829. The van der Waals surface area contributed by atoms with Gasteiger partial charge in [-0.25, -0.2) is 0 Å². The van der Waals surface area contributed by atoms with Gasteiger partial charge in [0.15, 0.2) is 6.10 Å². The Morgan fingerprint density at radius 1 is 1.65 bits per heavy atom. The van der Waals surface area contributed by atoms with Crippen LogP contribution in [0, 0.1) is 11.3 Å². The van der Waals surface area contributed by atoms with E-state index in [1.54, 1.807) is 18.2 Å². The Morgan fingerprint density at radius 2 is 2.41 bits per heavy atom. The molecule has 2 atom stereocenters. The Hall–Kier alpha value is -1.77. The molecule has 17 heavy (non-hydrogen) atoms. The highest BCUT2D eigenvalue weighted by Crippen LogP contribution is 2.32. The number of hydrogen-bond acceptors (Lipinski definition) is 4. The van der Waals surface area contributed by atoms with E-state index in [9.17, 15) is 4.79 Å². The maximum absolute atomic E-state index is 11.7. The summed E-state index contributed by atoms with van der Waals surface area (Å²) in [5.74, 6) is 0.192. The predicted octanol–water partition coefficient (Wildman–Crippen LogP) is 1.28. The Kier molecular flexibility index (Phi) is 3.18. The highest BCUT2D eigenvalue weighted by Gasteiger charge is 2.29. The summed E-state index contributed by atoms with van der Waals surface area (Å²) in [5.41, 5.74) is 6.04. The maximum atomic E-state index is 11.7. The fourth-order valence-electron chi connectivity index (χ4n) is 1.56. The van der Waals surface area contributed by atoms with Gasteiger partial charge in [-0.1, -0.05) is 11.6 Å². The van der Waals surface area contributed by atoms with E-state index in [4.69, 9.17) is 27.3 Å². The lowest BCUT2D eigenvalue weighted by atomic mass is 10.1. The highest BCUT2D eigenvalue weighted by molar-refractivity contribution is 6.30. The van der Waals surface area contributed by atoms with E-state index in [1.807, 2.05) is 6.07 Å². The average molecular weight is 252 g/mol. The number of fused-ring (bicyclic) bond motifs is 1. The van der Waals surface area contributed by atoms with Crippen LogP contribution >= 0.6 is 11.6 Å². The van der Waals surface area contributed by atoms with Crippen LogP contribution in [0.15, 0.2) is 18.2 Å². The molecule has 1 aromatic carbocycles. The normalized spacial score (nSPS) is 19.6. The number of carbonyl (C=O) groups is 1. The van der Waals surface area contributed by atoms with Crippen molar-refractivity contribution in [1.82, 2.24) is 0 Å². The molecule has 0 saturated heterocycles. The second kappa shape index (κ2) is 4.62. The number of halogens is 1. The van der Waals surface area contributed by atoms with Gasteiger partial charge in [-0.15, -0.1) is 0 Å². The standard InChI is InChI=1S/C11H10ClN3O2/c12-6-1-2-8-9(3-6)17-10(11(16)15-8)4-7(14)5-13/h1-3,7,10H,4,14H2,(H,15,16). The van der Waals surface area contributed by atoms with Crippen molar-refractivity contribution in [3.05, 3.63) is 23.2 Å². The first-order valence-electron chi connectivity index (χ1n) is 5.02. The van der Waals surface area contributed by atoms with Crippen molar-refractivity contribution in [2.75, 3.05) is 5.32 Å². The highest BCUT2D eigenvalue weighted by atomic mass is 35.5. The summed E-state index contributed by atoms with van der Waals surface area (Å²) in [6, 6.07) is 6.06. The number of nitriles is 1. The van der Waals surface area contributed by atoms with Crippen LogP contribution in [-0.2, 0) is 4.79 Å². The summed E-state index contributed by atoms with van der Waals surface area (Å²) in [4.78, 5) is 11.7. The van der Waals surface area contributed by atoms with Gasteiger partial charge in [-0.2, -0.15) is 5.26 Å². The topological polar surface area (TPSA) is 88.1 Å². The number of amides is 1. The third-order valence-electron chi connectivity index (χ3n) is 2.40. The van der Waals surface area contributed by atoms with Crippen molar-refractivity contribution in [1.29, 1.82) is 5.26 Å². The number of rotatable bonds is 2. The van der Waals surface area contributed by atoms with Crippen molar-refractivity contribution in [2.45, 2.75) is 18.6 Å². The van der Waals surface area contributed by atoms with Gasteiger partial charge < -0.3 is 15.8 Å². The van der Waals surface area contributed by atoms with Crippen LogP contribution in [0.25, 0.3) is 0 Å². The summed E-state index contributed by atoms with van der Waals surface area (Å²) in [7, 11) is 0. The van der Waals surface area contributed by atoms with Crippen LogP contribution in [0.5, 0.6) is 5.75 Å². The number of benzene rings is 1. The van der Waals surface area contributed by atoms with Gasteiger partial charge in [-0.05, 0) is 12.1 Å².